The average molecular weight is 285 g/mol. The van der Waals surface area contributed by atoms with Crippen molar-refractivity contribution in [2.45, 2.75) is 32.1 Å². The molecule has 2 rings (SSSR count). The van der Waals surface area contributed by atoms with Gasteiger partial charge in [-0.2, -0.15) is 0 Å². The smallest absolute Gasteiger partial charge is 0.311 e. The molecule has 0 amide bonds. The number of carboxylic acids is 1. The Morgan fingerprint density at radius 3 is 2.85 bits per heavy atom. The summed E-state index contributed by atoms with van der Waals surface area (Å²) in [6.45, 7) is 4.95. The Hall–Kier alpha value is -0.650. The zero-order valence-corrected chi connectivity index (χ0v) is 12.5. The molecule has 2 aliphatic rings. The molecule has 2 fully saturated rings. The molecule has 1 atom stereocenters. The zero-order chi connectivity index (χ0) is 14.4. The lowest BCUT2D eigenvalue weighted by Crippen LogP contribution is -2.49. The first-order valence-corrected chi connectivity index (χ1v) is 7.69. The van der Waals surface area contributed by atoms with Crippen LogP contribution in [0, 0.1) is 11.3 Å². The molecule has 0 aromatic carbocycles. The first-order chi connectivity index (χ1) is 9.66. The molecule has 0 bridgehead atoms. The van der Waals surface area contributed by atoms with E-state index in [1.54, 1.807) is 7.11 Å². The van der Waals surface area contributed by atoms with Crippen LogP contribution in [-0.4, -0.2) is 62.5 Å². The highest BCUT2D eigenvalue weighted by Gasteiger charge is 2.42. The maximum atomic E-state index is 11.7. The number of likely N-dealkylation sites (tertiary alicyclic amines) is 1. The monoisotopic (exact) mass is 285 g/mol. The SMILES string of the molecule is COCCC1(C(=O)O)CCCN(CC2CCOCC2)C1. The summed E-state index contributed by atoms with van der Waals surface area (Å²) in [5.41, 5.74) is -0.612. The van der Waals surface area contributed by atoms with Gasteiger partial charge in [-0.1, -0.05) is 0 Å². The van der Waals surface area contributed by atoms with Crippen molar-refractivity contribution < 1.29 is 19.4 Å². The molecule has 2 aliphatic heterocycles. The Bertz CT molecular complexity index is 317. The van der Waals surface area contributed by atoms with Gasteiger partial charge in [-0.3, -0.25) is 4.79 Å². The van der Waals surface area contributed by atoms with Gasteiger partial charge in [0.05, 0.1) is 5.41 Å². The molecule has 0 aliphatic carbocycles. The van der Waals surface area contributed by atoms with E-state index in [1.165, 1.54) is 0 Å². The van der Waals surface area contributed by atoms with Crippen LogP contribution >= 0.6 is 0 Å². The van der Waals surface area contributed by atoms with Crippen molar-refractivity contribution in [1.29, 1.82) is 0 Å². The summed E-state index contributed by atoms with van der Waals surface area (Å²) in [6, 6.07) is 0. The van der Waals surface area contributed by atoms with Crippen LogP contribution in [0.4, 0.5) is 0 Å². The number of hydrogen-bond acceptors (Lipinski definition) is 4. The molecule has 0 aromatic heterocycles. The van der Waals surface area contributed by atoms with Gasteiger partial charge in [0.2, 0.25) is 0 Å². The highest BCUT2D eigenvalue weighted by atomic mass is 16.5. The summed E-state index contributed by atoms with van der Waals surface area (Å²) in [5.74, 6) is 0.00185. The average Bonchev–Trinajstić information content (AvgIpc) is 2.46. The van der Waals surface area contributed by atoms with E-state index in [0.717, 1.165) is 52.0 Å². The fourth-order valence-electron chi connectivity index (χ4n) is 3.46. The van der Waals surface area contributed by atoms with Crippen molar-refractivity contribution in [2.75, 3.05) is 46.6 Å². The molecular weight excluding hydrogens is 258 g/mol. The van der Waals surface area contributed by atoms with Gasteiger partial charge in [-0.15, -0.1) is 0 Å². The maximum absolute atomic E-state index is 11.7. The van der Waals surface area contributed by atoms with Crippen LogP contribution in [0.1, 0.15) is 32.1 Å². The number of methoxy groups -OCH3 is 1. The minimum absolute atomic E-state index is 0.525. The van der Waals surface area contributed by atoms with Crippen LogP contribution in [-0.2, 0) is 14.3 Å². The number of aliphatic carboxylic acids is 1. The van der Waals surface area contributed by atoms with E-state index >= 15 is 0 Å². The molecule has 2 heterocycles. The first kappa shape index (κ1) is 15.7. The third-order valence-corrected chi connectivity index (χ3v) is 4.75. The second-order valence-electron chi connectivity index (χ2n) is 6.22. The number of nitrogens with zero attached hydrogens (tertiary/aromatic N) is 1. The predicted molar refractivity (Wildman–Crippen MR) is 75.8 cm³/mol. The Morgan fingerprint density at radius 2 is 2.20 bits per heavy atom. The van der Waals surface area contributed by atoms with Crippen molar-refractivity contribution in [3.8, 4) is 0 Å². The third kappa shape index (κ3) is 3.93. The van der Waals surface area contributed by atoms with Crippen LogP contribution < -0.4 is 0 Å². The topological polar surface area (TPSA) is 59.0 Å². The summed E-state index contributed by atoms with van der Waals surface area (Å²) in [6.07, 6.45) is 4.57. The van der Waals surface area contributed by atoms with E-state index < -0.39 is 11.4 Å². The van der Waals surface area contributed by atoms with Gasteiger partial charge in [0.15, 0.2) is 0 Å². The summed E-state index contributed by atoms with van der Waals surface area (Å²) in [7, 11) is 1.64. The highest BCUT2D eigenvalue weighted by Crippen LogP contribution is 2.34. The summed E-state index contributed by atoms with van der Waals surface area (Å²) < 4.78 is 10.5. The van der Waals surface area contributed by atoms with Gasteiger partial charge in [0, 0.05) is 40.0 Å². The fraction of sp³-hybridized carbons (Fsp3) is 0.933. The molecule has 1 unspecified atom stereocenters. The number of ether oxygens (including phenoxy) is 2. The summed E-state index contributed by atoms with van der Waals surface area (Å²) >= 11 is 0. The number of rotatable bonds is 6. The van der Waals surface area contributed by atoms with E-state index in [-0.39, 0.29) is 0 Å². The molecule has 0 saturated carbocycles. The van der Waals surface area contributed by atoms with E-state index in [2.05, 4.69) is 4.90 Å². The lowest BCUT2D eigenvalue weighted by molar-refractivity contribution is -0.154. The van der Waals surface area contributed by atoms with Crippen LogP contribution in [0.5, 0.6) is 0 Å². The quantitative estimate of drug-likeness (QED) is 0.803. The van der Waals surface area contributed by atoms with Crippen molar-refractivity contribution in [3.63, 3.8) is 0 Å². The summed E-state index contributed by atoms with van der Waals surface area (Å²) in [4.78, 5) is 14.1. The second-order valence-corrected chi connectivity index (χ2v) is 6.22. The van der Waals surface area contributed by atoms with Gasteiger partial charge >= 0.3 is 5.97 Å². The van der Waals surface area contributed by atoms with E-state index in [0.29, 0.717) is 25.5 Å². The Kier molecular flexibility index (Phi) is 5.81. The molecule has 0 aromatic rings. The molecule has 1 N–H and O–H groups in total. The first-order valence-electron chi connectivity index (χ1n) is 7.69. The molecule has 2 saturated heterocycles. The molecule has 0 radical (unpaired) electrons. The Balaban J connectivity index is 1.92. The summed E-state index contributed by atoms with van der Waals surface area (Å²) in [5, 5.41) is 9.64. The molecule has 5 nitrogen and oxygen atoms in total. The van der Waals surface area contributed by atoms with Crippen molar-refractivity contribution in [1.82, 2.24) is 4.90 Å². The van der Waals surface area contributed by atoms with E-state index in [4.69, 9.17) is 9.47 Å². The van der Waals surface area contributed by atoms with Crippen LogP contribution in [0.3, 0.4) is 0 Å². The minimum Gasteiger partial charge on any atom is -0.481 e. The van der Waals surface area contributed by atoms with Gasteiger partial charge in [0.25, 0.3) is 0 Å². The van der Waals surface area contributed by atoms with Crippen LogP contribution in [0.25, 0.3) is 0 Å². The maximum Gasteiger partial charge on any atom is 0.311 e. The zero-order valence-electron chi connectivity index (χ0n) is 12.5. The molecule has 20 heavy (non-hydrogen) atoms. The molecule has 116 valence electrons. The van der Waals surface area contributed by atoms with Gasteiger partial charge in [0.1, 0.15) is 0 Å². The minimum atomic E-state index is -0.661. The standard InChI is InChI=1S/C15H27NO4/c1-19-10-6-15(14(17)18)5-2-7-16(12-15)11-13-3-8-20-9-4-13/h13H,2-12H2,1H3,(H,17,18). The number of carboxylic acid groups (broad SMARTS) is 1. The van der Waals surface area contributed by atoms with Crippen LogP contribution in [0.2, 0.25) is 0 Å². The number of hydrogen-bond donors (Lipinski definition) is 1. The highest BCUT2D eigenvalue weighted by molar-refractivity contribution is 5.75. The van der Waals surface area contributed by atoms with Crippen molar-refractivity contribution in [3.05, 3.63) is 0 Å². The van der Waals surface area contributed by atoms with Crippen molar-refractivity contribution >= 4 is 5.97 Å². The Labute approximate surface area is 121 Å². The Morgan fingerprint density at radius 1 is 1.45 bits per heavy atom. The van der Waals surface area contributed by atoms with Crippen molar-refractivity contribution in [2.24, 2.45) is 11.3 Å². The number of piperidine rings is 1. The van der Waals surface area contributed by atoms with E-state index in [9.17, 15) is 9.90 Å². The predicted octanol–water partition coefficient (Wildman–Crippen LogP) is 1.62. The van der Waals surface area contributed by atoms with Gasteiger partial charge in [-0.05, 0) is 44.6 Å². The lowest BCUT2D eigenvalue weighted by atomic mass is 9.77. The molecule has 5 heteroatoms. The number of carbonyl (C=O) groups is 1. The van der Waals surface area contributed by atoms with E-state index in [1.807, 2.05) is 0 Å². The van der Waals surface area contributed by atoms with Gasteiger partial charge in [-0.25, -0.2) is 0 Å². The van der Waals surface area contributed by atoms with Gasteiger partial charge < -0.3 is 19.5 Å². The lowest BCUT2D eigenvalue weighted by Gasteiger charge is -2.41. The largest absolute Gasteiger partial charge is 0.481 e. The fourth-order valence-corrected chi connectivity index (χ4v) is 3.46. The molecule has 0 spiro atoms. The molecular formula is C15H27NO4. The second kappa shape index (κ2) is 7.38. The van der Waals surface area contributed by atoms with Crippen LogP contribution in [0.15, 0.2) is 0 Å². The normalized spacial score (nSPS) is 29.4. The third-order valence-electron chi connectivity index (χ3n) is 4.75.